The molecule has 0 saturated heterocycles. The summed E-state index contributed by atoms with van der Waals surface area (Å²) in [6, 6.07) is 4.77. The molecule has 0 aromatic heterocycles. The maximum Gasteiger partial charge on any atom is 0.354 e. The molecular weight excluding hydrogens is 324 g/mol. The number of carboxylic acid groups (broad SMARTS) is 1. The highest BCUT2D eigenvalue weighted by atomic mass is 35.5. The Kier molecular flexibility index (Phi) is 4.79. The van der Waals surface area contributed by atoms with Gasteiger partial charge in [0.05, 0.1) is 13.7 Å². The van der Waals surface area contributed by atoms with Crippen molar-refractivity contribution in [1.29, 1.82) is 0 Å². The van der Waals surface area contributed by atoms with E-state index in [1.165, 1.54) is 19.0 Å². The van der Waals surface area contributed by atoms with Crippen LogP contribution < -0.4 is 9.75 Å². The van der Waals surface area contributed by atoms with Gasteiger partial charge in [0.15, 0.2) is 5.54 Å². The number of carboxylic acids is 1. The number of aliphatic carboxylic acids is 1. The zero-order chi connectivity index (χ0) is 17.2. The molecular formula is C15H17ClN2O5. The van der Waals surface area contributed by atoms with Crippen LogP contribution in [0.25, 0.3) is 0 Å². The average molecular weight is 341 g/mol. The number of methoxy groups -OCH3 is 1. The topological polar surface area (TPSA) is 88.4 Å². The number of nitrogens with zero attached hydrogens (tertiary/aromatic N) is 2. The first-order valence-electron chi connectivity index (χ1n) is 6.95. The molecule has 1 N–H and O–H groups in total. The summed E-state index contributed by atoms with van der Waals surface area (Å²) in [7, 11) is 1.46. The van der Waals surface area contributed by atoms with E-state index in [1.807, 2.05) is 0 Å². The van der Waals surface area contributed by atoms with Gasteiger partial charge in [-0.1, -0.05) is 11.6 Å². The first-order chi connectivity index (χ1) is 10.8. The minimum absolute atomic E-state index is 0.0405. The summed E-state index contributed by atoms with van der Waals surface area (Å²) in [6.07, 6.45) is -0.0865. The van der Waals surface area contributed by atoms with Crippen LogP contribution in [0.2, 0.25) is 5.02 Å². The Morgan fingerprint density at radius 1 is 1.48 bits per heavy atom. The number of hydrogen-bond donors (Lipinski definition) is 1. The van der Waals surface area contributed by atoms with Crippen molar-refractivity contribution >= 4 is 34.9 Å². The lowest BCUT2D eigenvalue weighted by molar-refractivity contribution is -0.142. The van der Waals surface area contributed by atoms with Gasteiger partial charge in [-0.2, -0.15) is 5.10 Å². The van der Waals surface area contributed by atoms with E-state index in [-0.39, 0.29) is 18.7 Å². The largest absolute Gasteiger partial charge is 0.495 e. The van der Waals surface area contributed by atoms with Crippen molar-refractivity contribution < 1.29 is 24.2 Å². The zero-order valence-electron chi connectivity index (χ0n) is 13.0. The molecule has 8 heteroatoms. The molecule has 1 aromatic rings. The van der Waals surface area contributed by atoms with Crippen molar-refractivity contribution in [3.8, 4) is 5.75 Å². The van der Waals surface area contributed by atoms with Gasteiger partial charge in [0.1, 0.15) is 17.1 Å². The Morgan fingerprint density at radius 2 is 2.17 bits per heavy atom. The molecule has 0 aliphatic carbocycles. The molecule has 1 aliphatic heterocycles. The normalized spacial score (nSPS) is 20.2. The van der Waals surface area contributed by atoms with Gasteiger partial charge in [-0.15, -0.1) is 0 Å². The van der Waals surface area contributed by atoms with Crippen molar-refractivity contribution in [3.63, 3.8) is 0 Å². The Hall–Kier alpha value is -2.28. The Balaban J connectivity index is 2.53. The molecule has 1 atom stereocenters. The van der Waals surface area contributed by atoms with Crippen molar-refractivity contribution in [2.24, 2.45) is 5.10 Å². The minimum atomic E-state index is -1.44. The zero-order valence-corrected chi connectivity index (χ0v) is 13.8. The monoisotopic (exact) mass is 340 g/mol. The number of benzene rings is 1. The van der Waals surface area contributed by atoms with Crippen LogP contribution in [0.15, 0.2) is 23.3 Å². The predicted octanol–water partition coefficient (Wildman–Crippen LogP) is 2.32. The first kappa shape index (κ1) is 17.1. The third kappa shape index (κ3) is 3.10. The lowest BCUT2D eigenvalue weighted by atomic mass is 9.95. The number of ether oxygens (including phenoxy) is 2. The lowest BCUT2D eigenvalue weighted by Gasteiger charge is -2.31. The molecule has 23 heavy (non-hydrogen) atoms. The number of halogens is 1. The van der Waals surface area contributed by atoms with Crippen molar-refractivity contribution in [3.05, 3.63) is 23.2 Å². The van der Waals surface area contributed by atoms with E-state index < -0.39 is 17.5 Å². The van der Waals surface area contributed by atoms with Gasteiger partial charge in [-0.05, 0) is 32.0 Å². The van der Waals surface area contributed by atoms with E-state index in [9.17, 15) is 14.7 Å². The maximum absolute atomic E-state index is 11.9. The maximum atomic E-state index is 11.9. The van der Waals surface area contributed by atoms with Crippen LogP contribution in [-0.4, -0.2) is 42.0 Å². The average Bonchev–Trinajstić information content (AvgIpc) is 2.87. The highest BCUT2D eigenvalue weighted by Crippen LogP contribution is 2.40. The molecule has 0 spiro atoms. The van der Waals surface area contributed by atoms with Crippen molar-refractivity contribution in [2.45, 2.75) is 25.8 Å². The highest BCUT2D eigenvalue weighted by Gasteiger charge is 2.49. The molecule has 0 radical (unpaired) electrons. The fraction of sp³-hybridized carbons (Fsp3) is 0.400. The van der Waals surface area contributed by atoms with Crippen molar-refractivity contribution in [1.82, 2.24) is 0 Å². The van der Waals surface area contributed by atoms with E-state index in [0.29, 0.717) is 16.5 Å². The summed E-state index contributed by atoms with van der Waals surface area (Å²) in [5.41, 5.74) is -1.04. The van der Waals surface area contributed by atoms with E-state index in [2.05, 4.69) is 5.10 Å². The molecule has 1 heterocycles. The third-order valence-corrected chi connectivity index (χ3v) is 3.78. The van der Waals surface area contributed by atoms with Gasteiger partial charge in [0.2, 0.25) is 0 Å². The van der Waals surface area contributed by atoms with Crippen LogP contribution in [-0.2, 0) is 14.3 Å². The smallest absolute Gasteiger partial charge is 0.354 e. The summed E-state index contributed by atoms with van der Waals surface area (Å²) >= 11 is 6.00. The van der Waals surface area contributed by atoms with Gasteiger partial charge in [0.25, 0.3) is 0 Å². The third-order valence-electron chi connectivity index (χ3n) is 3.54. The van der Waals surface area contributed by atoms with E-state index in [4.69, 9.17) is 21.1 Å². The molecule has 124 valence electrons. The van der Waals surface area contributed by atoms with E-state index in [0.717, 1.165) is 0 Å². The summed E-state index contributed by atoms with van der Waals surface area (Å²) in [5, 5.41) is 15.4. The van der Waals surface area contributed by atoms with Crippen LogP contribution in [0.1, 0.15) is 20.3 Å². The summed E-state index contributed by atoms with van der Waals surface area (Å²) < 4.78 is 10.2. The number of hydrazone groups is 1. The van der Waals surface area contributed by atoms with Gasteiger partial charge >= 0.3 is 11.9 Å². The molecule has 1 aliphatic rings. The van der Waals surface area contributed by atoms with Gasteiger partial charge in [0, 0.05) is 11.4 Å². The second-order valence-corrected chi connectivity index (χ2v) is 5.59. The van der Waals surface area contributed by atoms with E-state index in [1.54, 1.807) is 25.1 Å². The van der Waals surface area contributed by atoms with E-state index >= 15 is 0 Å². The number of rotatable bonds is 5. The molecule has 0 saturated carbocycles. The van der Waals surface area contributed by atoms with Crippen LogP contribution in [0.3, 0.4) is 0 Å². The standard InChI is InChI=1S/C15H17ClN2O5/c1-4-23-13(19)10-8-15(2,14(20)21)18(17-10)11-7-9(16)5-6-12(11)22-3/h5-7H,4,8H2,1-3H3,(H,20,21). The molecule has 0 fully saturated rings. The Bertz CT molecular complexity index is 676. The van der Waals surface area contributed by atoms with Gasteiger partial charge < -0.3 is 14.6 Å². The molecule has 0 bridgehead atoms. The van der Waals surface area contributed by atoms with Crippen molar-refractivity contribution in [2.75, 3.05) is 18.7 Å². The van der Waals surface area contributed by atoms with Gasteiger partial charge in [-0.3, -0.25) is 0 Å². The molecule has 1 aromatic carbocycles. The molecule has 0 amide bonds. The number of hydrogen-bond acceptors (Lipinski definition) is 6. The molecule has 2 rings (SSSR count). The SMILES string of the molecule is CCOC(=O)C1=NN(c2cc(Cl)ccc2OC)C(C)(C(=O)O)C1. The second-order valence-electron chi connectivity index (χ2n) is 5.15. The number of carbonyl (C=O) groups is 2. The lowest BCUT2D eigenvalue weighted by Crippen LogP contribution is -2.47. The fourth-order valence-electron chi connectivity index (χ4n) is 2.31. The highest BCUT2D eigenvalue weighted by molar-refractivity contribution is 6.38. The van der Waals surface area contributed by atoms with Crippen LogP contribution >= 0.6 is 11.6 Å². The minimum Gasteiger partial charge on any atom is -0.495 e. The fourth-order valence-corrected chi connectivity index (χ4v) is 2.48. The number of esters is 1. The summed E-state index contributed by atoms with van der Waals surface area (Å²) in [4.78, 5) is 23.7. The second kappa shape index (κ2) is 6.45. The number of anilines is 1. The van der Waals surface area contributed by atoms with Crippen LogP contribution in [0, 0.1) is 0 Å². The van der Waals surface area contributed by atoms with Crippen LogP contribution in [0.4, 0.5) is 5.69 Å². The van der Waals surface area contributed by atoms with Crippen LogP contribution in [0.5, 0.6) is 5.75 Å². The molecule has 1 unspecified atom stereocenters. The summed E-state index contributed by atoms with van der Waals surface area (Å²) in [5.74, 6) is -1.36. The Morgan fingerprint density at radius 3 is 2.74 bits per heavy atom. The molecule has 7 nitrogen and oxygen atoms in total. The predicted molar refractivity (Wildman–Crippen MR) is 85.2 cm³/mol. The quantitative estimate of drug-likeness (QED) is 0.827. The van der Waals surface area contributed by atoms with Gasteiger partial charge in [-0.25, -0.2) is 14.6 Å². The number of carbonyl (C=O) groups excluding carboxylic acids is 1. The summed E-state index contributed by atoms with van der Waals surface area (Å²) in [6.45, 7) is 3.33. The Labute approximate surface area is 138 Å². The first-order valence-corrected chi connectivity index (χ1v) is 7.33.